The molecule has 0 aliphatic carbocycles. The summed E-state index contributed by atoms with van der Waals surface area (Å²) in [6.45, 7) is 7.92. The van der Waals surface area contributed by atoms with E-state index >= 15 is 0 Å². The highest BCUT2D eigenvalue weighted by Gasteiger charge is 2.31. The maximum atomic E-state index is 14.6. The molecule has 0 spiro atoms. The molecule has 1 N–H and O–H groups in total. The van der Waals surface area contributed by atoms with E-state index in [2.05, 4.69) is 37.4 Å². The number of benzene rings is 3. The average molecular weight is 507 g/mol. The van der Waals surface area contributed by atoms with Crippen molar-refractivity contribution in [1.29, 1.82) is 0 Å². The van der Waals surface area contributed by atoms with Crippen LogP contribution in [0, 0.1) is 19.7 Å². The van der Waals surface area contributed by atoms with E-state index in [-0.39, 0.29) is 36.0 Å². The number of hydrogen-bond donors (Lipinski definition) is 1. The van der Waals surface area contributed by atoms with Gasteiger partial charge in [0.1, 0.15) is 11.9 Å². The Hall–Kier alpha value is -3.12. The SMILES string of the molecule is Cc1cc(C)cc(CSCC(=O)N(Cc2ccccc2F)[C@H](Cc2ccccc2)C(=O)NC(C)C)c1. The van der Waals surface area contributed by atoms with Gasteiger partial charge in [0, 0.05) is 30.3 Å². The molecule has 0 radical (unpaired) electrons. The normalized spacial score (nSPS) is 11.8. The highest BCUT2D eigenvalue weighted by atomic mass is 32.2. The van der Waals surface area contributed by atoms with Gasteiger partial charge >= 0.3 is 0 Å². The van der Waals surface area contributed by atoms with Crippen molar-refractivity contribution in [3.05, 3.63) is 106 Å². The van der Waals surface area contributed by atoms with Crippen molar-refractivity contribution in [3.8, 4) is 0 Å². The van der Waals surface area contributed by atoms with Crippen LogP contribution in [0.2, 0.25) is 0 Å². The first kappa shape index (κ1) is 27.5. The molecule has 3 rings (SSSR count). The molecule has 36 heavy (non-hydrogen) atoms. The Morgan fingerprint density at radius 2 is 1.56 bits per heavy atom. The van der Waals surface area contributed by atoms with Crippen molar-refractivity contribution in [2.45, 2.75) is 58.5 Å². The van der Waals surface area contributed by atoms with Crippen LogP contribution in [0.3, 0.4) is 0 Å². The predicted octanol–water partition coefficient (Wildman–Crippen LogP) is 5.84. The van der Waals surface area contributed by atoms with Gasteiger partial charge in [-0.15, -0.1) is 11.8 Å². The number of nitrogens with zero attached hydrogens (tertiary/aromatic N) is 1. The maximum Gasteiger partial charge on any atom is 0.243 e. The third-order valence-electron chi connectivity index (χ3n) is 5.78. The van der Waals surface area contributed by atoms with Gasteiger partial charge in [-0.1, -0.05) is 77.9 Å². The molecule has 2 amide bonds. The monoisotopic (exact) mass is 506 g/mol. The number of carbonyl (C=O) groups excluding carboxylic acids is 2. The van der Waals surface area contributed by atoms with E-state index in [0.717, 1.165) is 11.1 Å². The van der Waals surface area contributed by atoms with Crippen molar-refractivity contribution in [2.75, 3.05) is 5.75 Å². The summed E-state index contributed by atoms with van der Waals surface area (Å²) >= 11 is 1.51. The number of carbonyl (C=O) groups is 2. The van der Waals surface area contributed by atoms with E-state index in [1.807, 2.05) is 44.2 Å². The molecular weight excluding hydrogens is 471 g/mol. The van der Waals surface area contributed by atoms with Crippen molar-refractivity contribution < 1.29 is 14.0 Å². The Labute approximate surface area is 218 Å². The van der Waals surface area contributed by atoms with Crippen molar-refractivity contribution in [1.82, 2.24) is 10.2 Å². The first-order valence-corrected chi connectivity index (χ1v) is 13.4. The Balaban J connectivity index is 1.86. The minimum atomic E-state index is -0.760. The summed E-state index contributed by atoms with van der Waals surface area (Å²) in [5, 5.41) is 2.96. The van der Waals surface area contributed by atoms with Crippen LogP contribution in [0.15, 0.2) is 72.8 Å². The Kier molecular flexibility index (Phi) is 10.1. The van der Waals surface area contributed by atoms with Gasteiger partial charge in [-0.3, -0.25) is 9.59 Å². The third kappa shape index (κ3) is 8.23. The molecule has 0 saturated carbocycles. The quantitative estimate of drug-likeness (QED) is 0.355. The van der Waals surface area contributed by atoms with Crippen LogP contribution in [0.5, 0.6) is 0 Å². The van der Waals surface area contributed by atoms with Gasteiger partial charge in [0.15, 0.2) is 0 Å². The molecule has 6 heteroatoms. The molecule has 0 fully saturated rings. The minimum absolute atomic E-state index is 0.0264. The topological polar surface area (TPSA) is 49.4 Å². The minimum Gasteiger partial charge on any atom is -0.352 e. The summed E-state index contributed by atoms with van der Waals surface area (Å²) in [6.07, 6.45) is 0.349. The number of hydrogen-bond acceptors (Lipinski definition) is 3. The summed E-state index contributed by atoms with van der Waals surface area (Å²) in [4.78, 5) is 28.5. The van der Waals surface area contributed by atoms with E-state index in [4.69, 9.17) is 0 Å². The van der Waals surface area contributed by atoms with Crippen molar-refractivity contribution >= 4 is 23.6 Å². The number of halogens is 1. The van der Waals surface area contributed by atoms with Crippen LogP contribution in [0.4, 0.5) is 4.39 Å². The fourth-order valence-corrected chi connectivity index (χ4v) is 5.08. The van der Waals surface area contributed by atoms with E-state index in [1.54, 1.807) is 18.2 Å². The first-order chi connectivity index (χ1) is 17.2. The molecule has 3 aromatic carbocycles. The van der Waals surface area contributed by atoms with Crippen LogP contribution in [-0.4, -0.2) is 34.6 Å². The van der Waals surface area contributed by atoms with E-state index < -0.39 is 6.04 Å². The molecule has 0 bridgehead atoms. The Morgan fingerprint density at radius 3 is 2.19 bits per heavy atom. The van der Waals surface area contributed by atoms with Gasteiger partial charge < -0.3 is 10.2 Å². The third-order valence-corrected chi connectivity index (χ3v) is 6.76. The molecule has 0 aliphatic rings. The lowest BCUT2D eigenvalue weighted by molar-refractivity contribution is -0.139. The second-order valence-corrected chi connectivity index (χ2v) is 10.5. The number of nitrogens with one attached hydrogen (secondary N) is 1. The van der Waals surface area contributed by atoms with Crippen LogP contribution in [0.25, 0.3) is 0 Å². The average Bonchev–Trinajstić information content (AvgIpc) is 2.82. The molecule has 190 valence electrons. The zero-order valence-corrected chi connectivity index (χ0v) is 22.3. The zero-order valence-electron chi connectivity index (χ0n) is 21.5. The number of amides is 2. The first-order valence-electron chi connectivity index (χ1n) is 12.2. The summed E-state index contributed by atoms with van der Waals surface area (Å²) < 4.78 is 14.6. The molecule has 0 heterocycles. The lowest BCUT2D eigenvalue weighted by atomic mass is 10.0. The van der Waals surface area contributed by atoms with E-state index in [0.29, 0.717) is 17.7 Å². The summed E-state index contributed by atoms with van der Waals surface area (Å²) in [6, 6.07) is 21.6. The van der Waals surface area contributed by atoms with Crippen LogP contribution >= 0.6 is 11.8 Å². The molecule has 1 atom stereocenters. The van der Waals surface area contributed by atoms with Crippen LogP contribution < -0.4 is 5.32 Å². The molecule has 0 aromatic heterocycles. The van der Waals surface area contributed by atoms with E-state index in [1.165, 1.54) is 33.9 Å². The lowest BCUT2D eigenvalue weighted by Crippen LogP contribution is -2.52. The van der Waals surface area contributed by atoms with Crippen LogP contribution in [-0.2, 0) is 28.3 Å². The smallest absolute Gasteiger partial charge is 0.243 e. The second-order valence-electron chi connectivity index (χ2n) is 9.47. The van der Waals surface area contributed by atoms with Gasteiger partial charge in [0.2, 0.25) is 11.8 Å². The summed E-state index contributed by atoms with van der Waals surface area (Å²) in [7, 11) is 0. The summed E-state index contributed by atoms with van der Waals surface area (Å²) in [5.41, 5.74) is 4.86. The van der Waals surface area contributed by atoms with Gasteiger partial charge in [0.25, 0.3) is 0 Å². The molecular formula is C30H35FN2O2S. The molecule has 0 saturated heterocycles. The standard InChI is InChI=1S/C30H35FN2O2S/c1-21(2)32-30(35)28(17-24-10-6-5-7-11-24)33(18-26-12-8-9-13-27(26)31)29(34)20-36-19-25-15-22(3)14-23(4)16-25/h5-16,21,28H,17-20H2,1-4H3,(H,32,35)/t28-/m1/s1. The number of rotatable bonds is 11. The molecule has 0 unspecified atom stereocenters. The number of aryl methyl sites for hydroxylation is 2. The zero-order chi connectivity index (χ0) is 26.1. The van der Waals surface area contributed by atoms with Gasteiger partial charge in [-0.05, 0) is 44.9 Å². The fraction of sp³-hybridized carbons (Fsp3) is 0.333. The maximum absolute atomic E-state index is 14.6. The molecule has 0 aliphatic heterocycles. The fourth-order valence-electron chi connectivity index (χ4n) is 4.24. The van der Waals surface area contributed by atoms with E-state index in [9.17, 15) is 14.0 Å². The second kappa shape index (κ2) is 13.3. The molecule has 4 nitrogen and oxygen atoms in total. The van der Waals surface area contributed by atoms with Gasteiger partial charge in [0.05, 0.1) is 5.75 Å². The van der Waals surface area contributed by atoms with Crippen LogP contribution in [0.1, 0.15) is 41.7 Å². The predicted molar refractivity (Wildman–Crippen MR) is 146 cm³/mol. The van der Waals surface area contributed by atoms with Crippen molar-refractivity contribution in [3.63, 3.8) is 0 Å². The highest BCUT2D eigenvalue weighted by molar-refractivity contribution is 7.99. The largest absolute Gasteiger partial charge is 0.352 e. The van der Waals surface area contributed by atoms with Gasteiger partial charge in [-0.2, -0.15) is 0 Å². The lowest BCUT2D eigenvalue weighted by Gasteiger charge is -2.32. The Morgan fingerprint density at radius 1 is 0.917 bits per heavy atom. The highest BCUT2D eigenvalue weighted by Crippen LogP contribution is 2.20. The Bertz CT molecular complexity index is 1150. The molecule has 3 aromatic rings. The summed E-state index contributed by atoms with van der Waals surface area (Å²) in [5.74, 6) is 0.0663. The number of thioether (sulfide) groups is 1. The van der Waals surface area contributed by atoms with Crippen molar-refractivity contribution in [2.24, 2.45) is 0 Å². The van der Waals surface area contributed by atoms with Gasteiger partial charge in [-0.25, -0.2) is 4.39 Å².